The van der Waals surface area contributed by atoms with Crippen molar-refractivity contribution in [2.24, 2.45) is 5.73 Å². The highest BCUT2D eigenvalue weighted by Gasteiger charge is 2.13. The minimum absolute atomic E-state index is 0.00525. The molecule has 0 aliphatic carbocycles. The van der Waals surface area contributed by atoms with Gasteiger partial charge in [0.15, 0.2) is 17.7 Å². The quantitative estimate of drug-likeness (QED) is 0.903. The van der Waals surface area contributed by atoms with Crippen molar-refractivity contribution >= 4 is 21.8 Å². The van der Waals surface area contributed by atoms with Crippen molar-refractivity contribution in [1.29, 1.82) is 0 Å². The molecule has 0 aliphatic rings. The summed E-state index contributed by atoms with van der Waals surface area (Å²) in [7, 11) is 0. The summed E-state index contributed by atoms with van der Waals surface area (Å²) in [5.74, 6) is -1.16. The number of rotatable bonds is 3. The first-order valence-corrected chi connectivity index (χ1v) is 4.71. The Labute approximate surface area is 89.2 Å². The first kappa shape index (κ1) is 11.0. The lowest BCUT2D eigenvalue weighted by Gasteiger charge is -2.11. The topological polar surface area (TPSA) is 52.3 Å². The van der Waals surface area contributed by atoms with E-state index >= 15 is 0 Å². The smallest absolute Gasteiger partial charge is 0.258 e. The summed E-state index contributed by atoms with van der Waals surface area (Å²) in [4.78, 5) is 10.7. The van der Waals surface area contributed by atoms with Crippen molar-refractivity contribution in [2.45, 2.75) is 13.0 Å². The fraction of sp³-hybridized carbons (Fsp3) is 0.222. The Morgan fingerprint density at radius 3 is 2.86 bits per heavy atom. The molecule has 3 nitrogen and oxygen atoms in total. The van der Waals surface area contributed by atoms with Gasteiger partial charge in [-0.3, -0.25) is 4.79 Å². The monoisotopic (exact) mass is 261 g/mol. The van der Waals surface area contributed by atoms with Gasteiger partial charge < -0.3 is 10.5 Å². The molecule has 0 fully saturated rings. The second kappa shape index (κ2) is 4.41. The minimum Gasteiger partial charge on any atom is -0.478 e. The van der Waals surface area contributed by atoms with Gasteiger partial charge in [0.2, 0.25) is 0 Å². The van der Waals surface area contributed by atoms with Crippen LogP contribution in [0.2, 0.25) is 0 Å². The highest BCUT2D eigenvalue weighted by molar-refractivity contribution is 9.10. The molecule has 1 amide bonds. The number of hydrogen-bond acceptors (Lipinski definition) is 2. The SMILES string of the molecule is CC(Oc1cc(Br)ccc1F)C(N)=O. The summed E-state index contributed by atoms with van der Waals surface area (Å²) < 4.78 is 18.8. The molecule has 0 spiro atoms. The maximum absolute atomic E-state index is 13.1. The van der Waals surface area contributed by atoms with E-state index in [1.165, 1.54) is 25.1 Å². The summed E-state index contributed by atoms with van der Waals surface area (Å²) in [5.41, 5.74) is 4.97. The summed E-state index contributed by atoms with van der Waals surface area (Å²) in [6, 6.07) is 4.22. The van der Waals surface area contributed by atoms with Crippen LogP contribution in [-0.2, 0) is 4.79 Å². The third-order valence-corrected chi connectivity index (χ3v) is 2.09. The zero-order valence-corrected chi connectivity index (χ0v) is 9.05. The predicted octanol–water partition coefficient (Wildman–Crippen LogP) is 1.84. The number of benzene rings is 1. The Morgan fingerprint density at radius 2 is 2.29 bits per heavy atom. The highest BCUT2D eigenvalue weighted by atomic mass is 79.9. The number of carbonyl (C=O) groups excluding carboxylic acids is 1. The Morgan fingerprint density at radius 1 is 1.64 bits per heavy atom. The van der Waals surface area contributed by atoms with E-state index in [9.17, 15) is 9.18 Å². The predicted molar refractivity (Wildman–Crippen MR) is 53.4 cm³/mol. The molecule has 0 aliphatic heterocycles. The van der Waals surface area contributed by atoms with Gasteiger partial charge in [-0.25, -0.2) is 4.39 Å². The molecule has 0 saturated carbocycles. The van der Waals surface area contributed by atoms with Gasteiger partial charge in [0.05, 0.1) is 0 Å². The van der Waals surface area contributed by atoms with Crippen molar-refractivity contribution in [3.63, 3.8) is 0 Å². The van der Waals surface area contributed by atoms with Crippen molar-refractivity contribution < 1.29 is 13.9 Å². The second-order valence-electron chi connectivity index (χ2n) is 2.74. The Bertz CT molecular complexity index is 357. The van der Waals surface area contributed by atoms with Crippen LogP contribution in [0.3, 0.4) is 0 Å². The zero-order chi connectivity index (χ0) is 10.7. The van der Waals surface area contributed by atoms with E-state index in [1.807, 2.05) is 0 Å². The molecule has 0 saturated heterocycles. The molecule has 1 atom stereocenters. The lowest BCUT2D eigenvalue weighted by molar-refractivity contribution is -0.124. The molecule has 1 unspecified atom stereocenters. The number of halogens is 2. The van der Waals surface area contributed by atoms with E-state index in [2.05, 4.69) is 15.9 Å². The van der Waals surface area contributed by atoms with Gasteiger partial charge in [0.25, 0.3) is 5.91 Å². The molecule has 0 heterocycles. The number of amides is 1. The standard InChI is InChI=1S/C9H9BrFNO2/c1-5(9(12)13)14-8-4-6(10)2-3-7(8)11/h2-5H,1H3,(H2,12,13). The van der Waals surface area contributed by atoms with Crippen molar-refractivity contribution in [2.75, 3.05) is 0 Å². The first-order valence-electron chi connectivity index (χ1n) is 3.91. The average Bonchev–Trinajstić information content (AvgIpc) is 2.11. The van der Waals surface area contributed by atoms with Crippen LogP contribution >= 0.6 is 15.9 Å². The van der Waals surface area contributed by atoms with Gasteiger partial charge in [0, 0.05) is 4.47 Å². The van der Waals surface area contributed by atoms with Gasteiger partial charge in [-0.2, -0.15) is 0 Å². The number of nitrogens with two attached hydrogens (primary N) is 1. The maximum atomic E-state index is 13.1. The Balaban J connectivity index is 2.85. The highest BCUT2D eigenvalue weighted by Crippen LogP contribution is 2.23. The van der Waals surface area contributed by atoms with Gasteiger partial charge in [-0.15, -0.1) is 0 Å². The average molecular weight is 262 g/mol. The molecule has 5 heteroatoms. The molecule has 1 aromatic rings. The molecule has 0 aromatic heterocycles. The third-order valence-electron chi connectivity index (χ3n) is 1.60. The van der Waals surface area contributed by atoms with Gasteiger partial charge >= 0.3 is 0 Å². The summed E-state index contributed by atoms with van der Waals surface area (Å²) in [6.07, 6.45) is -0.848. The van der Waals surface area contributed by atoms with Crippen molar-refractivity contribution in [1.82, 2.24) is 0 Å². The van der Waals surface area contributed by atoms with Crippen LogP contribution in [0.5, 0.6) is 5.75 Å². The van der Waals surface area contributed by atoms with Gasteiger partial charge in [-0.05, 0) is 25.1 Å². The normalized spacial score (nSPS) is 12.2. The fourth-order valence-corrected chi connectivity index (χ4v) is 1.16. The second-order valence-corrected chi connectivity index (χ2v) is 3.65. The molecule has 76 valence electrons. The van der Waals surface area contributed by atoms with E-state index in [4.69, 9.17) is 10.5 Å². The van der Waals surface area contributed by atoms with E-state index < -0.39 is 17.8 Å². The van der Waals surface area contributed by atoms with Crippen molar-refractivity contribution in [3.8, 4) is 5.75 Å². The molecular weight excluding hydrogens is 253 g/mol. The van der Waals surface area contributed by atoms with Crippen LogP contribution in [0.4, 0.5) is 4.39 Å². The summed E-state index contributed by atoms with van der Waals surface area (Å²) >= 11 is 3.16. The maximum Gasteiger partial charge on any atom is 0.258 e. The molecule has 0 radical (unpaired) electrons. The van der Waals surface area contributed by atoms with Crippen LogP contribution in [0.25, 0.3) is 0 Å². The van der Waals surface area contributed by atoms with E-state index in [0.29, 0.717) is 4.47 Å². The lowest BCUT2D eigenvalue weighted by Crippen LogP contribution is -2.30. The van der Waals surface area contributed by atoms with Gasteiger partial charge in [0.1, 0.15) is 0 Å². The fourth-order valence-electron chi connectivity index (χ4n) is 0.816. The number of hydrogen-bond donors (Lipinski definition) is 1. The van der Waals surface area contributed by atoms with Crippen LogP contribution in [0.1, 0.15) is 6.92 Å². The molecular formula is C9H9BrFNO2. The van der Waals surface area contributed by atoms with E-state index in [1.54, 1.807) is 0 Å². The number of ether oxygens (including phenoxy) is 1. The van der Waals surface area contributed by atoms with Gasteiger partial charge in [-0.1, -0.05) is 15.9 Å². The first-order chi connectivity index (χ1) is 6.50. The molecule has 1 rings (SSSR count). The molecule has 0 bridgehead atoms. The third kappa shape index (κ3) is 2.70. The van der Waals surface area contributed by atoms with Crippen molar-refractivity contribution in [3.05, 3.63) is 28.5 Å². The summed E-state index contributed by atoms with van der Waals surface area (Å²) in [5, 5.41) is 0. The van der Waals surface area contributed by atoms with E-state index in [0.717, 1.165) is 0 Å². The van der Waals surface area contributed by atoms with Crippen LogP contribution in [0.15, 0.2) is 22.7 Å². The Hall–Kier alpha value is -1.10. The molecule has 14 heavy (non-hydrogen) atoms. The Kier molecular flexibility index (Phi) is 3.46. The summed E-state index contributed by atoms with van der Waals surface area (Å²) in [6.45, 7) is 1.46. The van der Waals surface area contributed by atoms with Crippen LogP contribution in [-0.4, -0.2) is 12.0 Å². The molecule has 1 aromatic carbocycles. The number of carbonyl (C=O) groups is 1. The minimum atomic E-state index is -0.848. The zero-order valence-electron chi connectivity index (χ0n) is 7.46. The van der Waals surface area contributed by atoms with E-state index in [-0.39, 0.29) is 5.75 Å². The molecule has 2 N–H and O–H groups in total. The van der Waals surface area contributed by atoms with Crippen LogP contribution < -0.4 is 10.5 Å². The van der Waals surface area contributed by atoms with Crippen LogP contribution in [0, 0.1) is 5.82 Å². The lowest BCUT2D eigenvalue weighted by atomic mass is 10.3. The largest absolute Gasteiger partial charge is 0.478 e. The number of primary amides is 1.